The van der Waals surface area contributed by atoms with Gasteiger partial charge < -0.3 is 14.6 Å². The van der Waals surface area contributed by atoms with Crippen LogP contribution in [0.4, 0.5) is 10.1 Å². The van der Waals surface area contributed by atoms with Gasteiger partial charge in [-0.05, 0) is 18.2 Å². The Kier molecular flexibility index (Phi) is 5.26. The third-order valence-electron chi connectivity index (χ3n) is 2.86. The zero-order chi connectivity index (χ0) is 15.9. The van der Waals surface area contributed by atoms with Crippen LogP contribution in [0.1, 0.15) is 5.56 Å². The molecule has 2 aromatic rings. The van der Waals surface area contributed by atoms with Crippen LogP contribution in [0, 0.1) is 15.9 Å². The van der Waals surface area contributed by atoms with Gasteiger partial charge in [0.15, 0.2) is 11.5 Å². The molecule has 6 nitrogen and oxygen atoms in total. The predicted octanol–water partition coefficient (Wildman–Crippen LogP) is 2.68. The van der Waals surface area contributed by atoms with Crippen molar-refractivity contribution in [3.05, 3.63) is 64.0 Å². The van der Waals surface area contributed by atoms with Gasteiger partial charge >= 0.3 is 0 Å². The van der Waals surface area contributed by atoms with Crippen molar-refractivity contribution in [2.24, 2.45) is 0 Å². The molecule has 2 aromatic carbocycles. The molecule has 0 spiro atoms. The first-order chi connectivity index (χ1) is 10.6. The molecule has 0 fully saturated rings. The largest absolute Gasteiger partial charge is 0.487 e. The number of nitro groups is 1. The maximum atomic E-state index is 13.8. The van der Waals surface area contributed by atoms with E-state index < -0.39 is 10.7 Å². The number of hydrogen-bond acceptors (Lipinski definition) is 5. The van der Waals surface area contributed by atoms with E-state index in [1.807, 2.05) is 0 Å². The first kappa shape index (κ1) is 15.7. The average Bonchev–Trinajstić information content (AvgIpc) is 2.52. The number of rotatable bonds is 7. The van der Waals surface area contributed by atoms with Crippen LogP contribution in [-0.4, -0.2) is 23.2 Å². The summed E-state index contributed by atoms with van der Waals surface area (Å²) in [5.74, 6) is -0.0213. The lowest BCUT2D eigenvalue weighted by Crippen LogP contribution is -2.06. The predicted molar refractivity (Wildman–Crippen MR) is 76.4 cm³/mol. The molecular formula is C15H14FNO5. The molecule has 2 rings (SSSR count). The molecule has 0 amide bonds. The number of ether oxygens (including phenoxy) is 2. The lowest BCUT2D eigenvalue weighted by Gasteiger charge is -2.12. The number of aliphatic hydroxyl groups excluding tert-OH is 1. The van der Waals surface area contributed by atoms with Gasteiger partial charge in [0.05, 0.1) is 11.5 Å². The summed E-state index contributed by atoms with van der Waals surface area (Å²) in [5, 5.41) is 19.7. The van der Waals surface area contributed by atoms with Crippen LogP contribution < -0.4 is 9.47 Å². The fraction of sp³-hybridized carbons (Fsp3) is 0.200. The summed E-state index contributed by atoms with van der Waals surface area (Å²) in [6, 6.07) is 10.3. The first-order valence-electron chi connectivity index (χ1n) is 6.50. The van der Waals surface area contributed by atoms with Gasteiger partial charge in [-0.25, -0.2) is 4.39 Å². The van der Waals surface area contributed by atoms with Gasteiger partial charge in [-0.3, -0.25) is 10.1 Å². The summed E-state index contributed by atoms with van der Waals surface area (Å²) in [5.41, 5.74) is -0.474. The zero-order valence-corrected chi connectivity index (χ0v) is 11.6. The van der Waals surface area contributed by atoms with Crippen molar-refractivity contribution >= 4 is 5.69 Å². The average molecular weight is 307 g/mol. The summed E-state index contributed by atoms with van der Waals surface area (Å²) >= 11 is 0. The third-order valence-corrected chi connectivity index (χ3v) is 2.86. The molecule has 0 heterocycles. The Bertz CT molecular complexity index is 662. The molecule has 0 unspecified atom stereocenters. The number of nitro benzene ring substituents is 1. The molecule has 0 saturated heterocycles. The Balaban J connectivity index is 2.19. The van der Waals surface area contributed by atoms with Gasteiger partial charge in [0.1, 0.15) is 24.6 Å². The molecule has 0 bridgehead atoms. The molecule has 0 radical (unpaired) electrons. The second kappa shape index (κ2) is 7.37. The Morgan fingerprint density at radius 1 is 1.09 bits per heavy atom. The van der Waals surface area contributed by atoms with Crippen molar-refractivity contribution in [1.82, 2.24) is 0 Å². The van der Waals surface area contributed by atoms with Gasteiger partial charge in [-0.15, -0.1) is 0 Å². The number of aliphatic hydroxyl groups is 1. The van der Waals surface area contributed by atoms with Crippen LogP contribution in [0.15, 0.2) is 42.5 Å². The summed E-state index contributed by atoms with van der Waals surface area (Å²) in [6.45, 7) is -0.379. The molecule has 22 heavy (non-hydrogen) atoms. The Labute approximate surface area is 125 Å². The van der Waals surface area contributed by atoms with E-state index in [1.165, 1.54) is 12.1 Å². The van der Waals surface area contributed by atoms with Gasteiger partial charge in [-0.1, -0.05) is 18.2 Å². The third kappa shape index (κ3) is 3.70. The first-order valence-corrected chi connectivity index (χ1v) is 6.50. The molecule has 0 aromatic heterocycles. The highest BCUT2D eigenvalue weighted by atomic mass is 19.1. The summed E-state index contributed by atoms with van der Waals surface area (Å²) in [7, 11) is 0. The maximum absolute atomic E-state index is 13.8. The monoisotopic (exact) mass is 307 g/mol. The smallest absolute Gasteiger partial charge is 0.278 e. The number of halogens is 1. The SMILES string of the molecule is O=[N+]([O-])c1cccc(F)c1COc1ccccc1OCCO. The second-order valence-corrected chi connectivity index (χ2v) is 4.30. The highest BCUT2D eigenvalue weighted by Gasteiger charge is 2.18. The molecule has 0 saturated carbocycles. The van der Waals surface area contributed by atoms with E-state index in [2.05, 4.69) is 0 Å². The van der Waals surface area contributed by atoms with Crippen molar-refractivity contribution in [3.8, 4) is 11.5 Å². The van der Waals surface area contributed by atoms with Gasteiger partial charge in [0.2, 0.25) is 0 Å². The number of hydrogen-bond donors (Lipinski definition) is 1. The molecule has 0 aliphatic rings. The maximum Gasteiger partial charge on any atom is 0.278 e. The molecule has 0 aliphatic heterocycles. The summed E-state index contributed by atoms with van der Waals surface area (Å²) in [4.78, 5) is 10.3. The normalized spacial score (nSPS) is 10.3. The number of para-hydroxylation sites is 2. The number of benzene rings is 2. The van der Waals surface area contributed by atoms with Crippen molar-refractivity contribution in [1.29, 1.82) is 0 Å². The molecule has 116 valence electrons. The Morgan fingerprint density at radius 2 is 1.77 bits per heavy atom. The van der Waals surface area contributed by atoms with Crippen LogP contribution in [-0.2, 0) is 6.61 Å². The topological polar surface area (TPSA) is 81.8 Å². The highest BCUT2D eigenvalue weighted by Crippen LogP contribution is 2.29. The molecule has 7 heteroatoms. The highest BCUT2D eigenvalue weighted by molar-refractivity contribution is 5.43. The lowest BCUT2D eigenvalue weighted by molar-refractivity contribution is -0.386. The molecule has 0 atom stereocenters. The fourth-order valence-electron chi connectivity index (χ4n) is 1.86. The minimum Gasteiger partial charge on any atom is -0.487 e. The van der Waals surface area contributed by atoms with Crippen LogP contribution in [0.5, 0.6) is 11.5 Å². The minimum absolute atomic E-state index is 0.0836. The van der Waals surface area contributed by atoms with E-state index in [0.29, 0.717) is 11.5 Å². The van der Waals surface area contributed by atoms with E-state index >= 15 is 0 Å². The standard InChI is InChI=1S/C15H14FNO5/c16-12-4-3-5-13(17(19)20)11(12)10-22-15-7-2-1-6-14(15)21-9-8-18/h1-7,18H,8-10H2. The van der Waals surface area contributed by atoms with E-state index in [9.17, 15) is 14.5 Å². The Morgan fingerprint density at radius 3 is 2.41 bits per heavy atom. The van der Waals surface area contributed by atoms with Gasteiger partial charge in [-0.2, -0.15) is 0 Å². The number of nitrogens with zero attached hydrogens (tertiary/aromatic N) is 1. The summed E-state index contributed by atoms with van der Waals surface area (Å²) < 4.78 is 24.5. The zero-order valence-electron chi connectivity index (χ0n) is 11.6. The fourth-order valence-corrected chi connectivity index (χ4v) is 1.86. The lowest BCUT2D eigenvalue weighted by atomic mass is 10.2. The Hall–Kier alpha value is -2.67. The molecule has 0 aliphatic carbocycles. The van der Waals surface area contributed by atoms with E-state index in [-0.39, 0.29) is 31.1 Å². The quantitative estimate of drug-likeness (QED) is 0.628. The minimum atomic E-state index is -0.706. The van der Waals surface area contributed by atoms with Crippen molar-refractivity contribution in [2.45, 2.75) is 6.61 Å². The van der Waals surface area contributed by atoms with Crippen LogP contribution in [0.25, 0.3) is 0 Å². The van der Waals surface area contributed by atoms with Crippen molar-refractivity contribution < 1.29 is 23.9 Å². The van der Waals surface area contributed by atoms with Crippen LogP contribution in [0.3, 0.4) is 0 Å². The second-order valence-electron chi connectivity index (χ2n) is 4.30. The molecule has 1 N–H and O–H groups in total. The van der Waals surface area contributed by atoms with Gasteiger partial charge in [0.25, 0.3) is 5.69 Å². The van der Waals surface area contributed by atoms with Crippen molar-refractivity contribution in [3.63, 3.8) is 0 Å². The van der Waals surface area contributed by atoms with E-state index in [1.54, 1.807) is 24.3 Å². The van der Waals surface area contributed by atoms with E-state index in [0.717, 1.165) is 6.07 Å². The van der Waals surface area contributed by atoms with Crippen LogP contribution in [0.2, 0.25) is 0 Å². The summed E-state index contributed by atoms with van der Waals surface area (Å²) in [6.07, 6.45) is 0. The van der Waals surface area contributed by atoms with Crippen LogP contribution >= 0.6 is 0 Å². The van der Waals surface area contributed by atoms with Gasteiger partial charge in [0, 0.05) is 6.07 Å². The van der Waals surface area contributed by atoms with E-state index in [4.69, 9.17) is 14.6 Å². The van der Waals surface area contributed by atoms with Crippen molar-refractivity contribution in [2.75, 3.05) is 13.2 Å². The molecular weight excluding hydrogens is 293 g/mol.